The number of anilines is 1. The molecular weight excluding hydrogens is 204 g/mol. The van der Waals surface area contributed by atoms with Gasteiger partial charge in [0.2, 0.25) is 0 Å². The molecule has 4 heteroatoms. The highest BCUT2D eigenvalue weighted by Crippen LogP contribution is 2.14. The third kappa shape index (κ3) is 2.99. The number of pyridine rings is 1. The zero-order valence-electron chi connectivity index (χ0n) is 9.10. The van der Waals surface area contributed by atoms with Gasteiger partial charge in [-0.2, -0.15) is 0 Å². The second-order valence-corrected chi connectivity index (χ2v) is 3.36. The van der Waals surface area contributed by atoms with E-state index < -0.39 is 5.97 Å². The van der Waals surface area contributed by atoms with Crippen LogP contribution in [0, 0.1) is 12.3 Å². The minimum absolute atomic E-state index is 0.0537. The predicted octanol–water partition coefficient (Wildman–Crippen LogP) is 1.99. The van der Waals surface area contributed by atoms with Crippen LogP contribution < -0.4 is 5.32 Å². The van der Waals surface area contributed by atoms with Crippen LogP contribution in [-0.2, 0) is 0 Å². The summed E-state index contributed by atoms with van der Waals surface area (Å²) in [6.07, 6.45) is 8.15. The van der Waals surface area contributed by atoms with Gasteiger partial charge in [-0.25, -0.2) is 9.78 Å². The molecule has 0 aromatic carbocycles. The van der Waals surface area contributed by atoms with Crippen molar-refractivity contribution in [3.63, 3.8) is 0 Å². The summed E-state index contributed by atoms with van der Waals surface area (Å²) in [6, 6.07) is 3.16. The topological polar surface area (TPSA) is 62.2 Å². The fourth-order valence-corrected chi connectivity index (χ4v) is 1.33. The summed E-state index contributed by atoms with van der Waals surface area (Å²) in [6.45, 7) is 1.98. The maximum atomic E-state index is 10.9. The summed E-state index contributed by atoms with van der Waals surface area (Å²) in [5.74, 6) is 1.93. The summed E-state index contributed by atoms with van der Waals surface area (Å²) in [4.78, 5) is 14.9. The van der Waals surface area contributed by atoms with E-state index in [-0.39, 0.29) is 11.6 Å². The van der Waals surface area contributed by atoms with E-state index >= 15 is 0 Å². The SMILES string of the molecule is C#CCC(CC)Nc1ncccc1C(=O)O. The fraction of sp³-hybridized carbons (Fsp3) is 0.333. The van der Waals surface area contributed by atoms with Crippen LogP contribution in [0.4, 0.5) is 5.82 Å². The number of carbonyl (C=O) groups is 1. The number of hydrogen-bond donors (Lipinski definition) is 2. The molecular formula is C12H14N2O2. The first-order valence-corrected chi connectivity index (χ1v) is 5.07. The molecule has 1 aromatic rings. The Hall–Kier alpha value is -2.02. The second kappa shape index (κ2) is 5.76. The Morgan fingerprint density at radius 1 is 1.75 bits per heavy atom. The van der Waals surface area contributed by atoms with Gasteiger partial charge in [0.15, 0.2) is 0 Å². The van der Waals surface area contributed by atoms with Crippen LogP contribution in [0.3, 0.4) is 0 Å². The van der Waals surface area contributed by atoms with Gasteiger partial charge >= 0.3 is 5.97 Å². The van der Waals surface area contributed by atoms with Gasteiger partial charge < -0.3 is 10.4 Å². The van der Waals surface area contributed by atoms with Crippen LogP contribution in [0.25, 0.3) is 0 Å². The van der Waals surface area contributed by atoms with E-state index in [1.165, 1.54) is 6.07 Å². The lowest BCUT2D eigenvalue weighted by molar-refractivity contribution is 0.0697. The molecule has 0 radical (unpaired) electrons. The van der Waals surface area contributed by atoms with Gasteiger partial charge in [0.05, 0.1) is 0 Å². The lowest BCUT2D eigenvalue weighted by Crippen LogP contribution is -2.20. The van der Waals surface area contributed by atoms with Crippen molar-refractivity contribution in [2.45, 2.75) is 25.8 Å². The second-order valence-electron chi connectivity index (χ2n) is 3.36. The highest BCUT2D eigenvalue weighted by atomic mass is 16.4. The molecule has 0 saturated heterocycles. The van der Waals surface area contributed by atoms with E-state index in [9.17, 15) is 4.79 Å². The molecule has 1 unspecified atom stereocenters. The highest BCUT2D eigenvalue weighted by Gasteiger charge is 2.13. The average Bonchev–Trinajstić information content (AvgIpc) is 2.29. The molecule has 0 fully saturated rings. The number of aromatic carboxylic acids is 1. The van der Waals surface area contributed by atoms with Crippen LogP contribution in [0.2, 0.25) is 0 Å². The van der Waals surface area contributed by atoms with Crippen molar-refractivity contribution in [3.05, 3.63) is 23.9 Å². The zero-order valence-corrected chi connectivity index (χ0v) is 9.10. The number of nitrogens with one attached hydrogen (secondary N) is 1. The summed E-state index contributed by atoms with van der Waals surface area (Å²) in [5, 5.41) is 12.0. The van der Waals surface area contributed by atoms with Crippen molar-refractivity contribution < 1.29 is 9.90 Å². The first-order valence-electron chi connectivity index (χ1n) is 5.07. The Bertz CT molecular complexity index is 410. The van der Waals surface area contributed by atoms with Gasteiger partial charge in [-0.15, -0.1) is 12.3 Å². The summed E-state index contributed by atoms with van der Waals surface area (Å²) in [7, 11) is 0. The normalized spacial score (nSPS) is 11.5. The molecule has 0 aliphatic rings. The van der Waals surface area contributed by atoms with E-state index in [0.29, 0.717) is 12.2 Å². The third-order valence-electron chi connectivity index (χ3n) is 2.24. The Morgan fingerprint density at radius 2 is 2.50 bits per heavy atom. The smallest absolute Gasteiger partial charge is 0.339 e. The molecule has 1 rings (SSSR count). The van der Waals surface area contributed by atoms with Gasteiger partial charge in [-0.1, -0.05) is 6.92 Å². The number of carboxylic acid groups (broad SMARTS) is 1. The Balaban J connectivity index is 2.87. The van der Waals surface area contributed by atoms with Gasteiger partial charge in [0.25, 0.3) is 0 Å². The quantitative estimate of drug-likeness (QED) is 0.742. The van der Waals surface area contributed by atoms with E-state index in [4.69, 9.17) is 11.5 Å². The van der Waals surface area contributed by atoms with Gasteiger partial charge in [0, 0.05) is 18.7 Å². The van der Waals surface area contributed by atoms with Crippen LogP contribution in [0.1, 0.15) is 30.1 Å². The van der Waals surface area contributed by atoms with Crippen molar-refractivity contribution in [1.29, 1.82) is 0 Å². The lowest BCUT2D eigenvalue weighted by atomic mass is 10.1. The monoisotopic (exact) mass is 218 g/mol. The fourth-order valence-electron chi connectivity index (χ4n) is 1.33. The van der Waals surface area contributed by atoms with Crippen molar-refractivity contribution in [1.82, 2.24) is 4.98 Å². The molecule has 2 N–H and O–H groups in total. The van der Waals surface area contributed by atoms with Crippen molar-refractivity contribution in [3.8, 4) is 12.3 Å². The highest BCUT2D eigenvalue weighted by molar-refractivity contribution is 5.93. The van der Waals surface area contributed by atoms with Crippen molar-refractivity contribution in [2.24, 2.45) is 0 Å². The number of carboxylic acids is 1. The Kier molecular flexibility index (Phi) is 4.34. The number of rotatable bonds is 5. The maximum Gasteiger partial charge on any atom is 0.339 e. The standard InChI is InChI=1S/C12H14N2O2/c1-3-6-9(4-2)14-11-10(12(15)16)7-5-8-13-11/h1,5,7-9H,4,6H2,2H3,(H,13,14)(H,15,16). The molecule has 0 aliphatic heterocycles. The van der Waals surface area contributed by atoms with Crippen LogP contribution in [0.15, 0.2) is 18.3 Å². The zero-order chi connectivity index (χ0) is 12.0. The van der Waals surface area contributed by atoms with Crippen LogP contribution in [0.5, 0.6) is 0 Å². The van der Waals surface area contributed by atoms with Gasteiger partial charge in [0.1, 0.15) is 11.4 Å². The molecule has 0 amide bonds. The summed E-state index contributed by atoms with van der Waals surface area (Å²) in [5.41, 5.74) is 0.165. The van der Waals surface area contributed by atoms with E-state index in [1.54, 1.807) is 12.3 Å². The molecule has 84 valence electrons. The average molecular weight is 218 g/mol. The van der Waals surface area contributed by atoms with Crippen molar-refractivity contribution in [2.75, 3.05) is 5.32 Å². The van der Waals surface area contributed by atoms with E-state index in [2.05, 4.69) is 16.2 Å². The summed E-state index contributed by atoms with van der Waals surface area (Å²) < 4.78 is 0. The Labute approximate surface area is 94.7 Å². The first-order chi connectivity index (χ1) is 7.69. The van der Waals surface area contributed by atoms with E-state index in [0.717, 1.165) is 6.42 Å². The maximum absolute atomic E-state index is 10.9. The molecule has 0 aliphatic carbocycles. The lowest BCUT2D eigenvalue weighted by Gasteiger charge is -2.16. The van der Waals surface area contributed by atoms with Crippen LogP contribution in [-0.4, -0.2) is 22.1 Å². The number of terminal acetylenes is 1. The molecule has 0 spiro atoms. The third-order valence-corrected chi connectivity index (χ3v) is 2.24. The van der Waals surface area contributed by atoms with Gasteiger partial charge in [-0.3, -0.25) is 0 Å². The Morgan fingerprint density at radius 3 is 3.06 bits per heavy atom. The summed E-state index contributed by atoms with van der Waals surface area (Å²) >= 11 is 0. The number of hydrogen-bond acceptors (Lipinski definition) is 3. The molecule has 1 atom stereocenters. The van der Waals surface area contributed by atoms with E-state index in [1.807, 2.05) is 6.92 Å². The van der Waals surface area contributed by atoms with Gasteiger partial charge in [-0.05, 0) is 18.6 Å². The molecule has 1 heterocycles. The van der Waals surface area contributed by atoms with Crippen molar-refractivity contribution >= 4 is 11.8 Å². The molecule has 4 nitrogen and oxygen atoms in total. The molecule has 0 bridgehead atoms. The minimum Gasteiger partial charge on any atom is -0.478 e. The molecule has 16 heavy (non-hydrogen) atoms. The largest absolute Gasteiger partial charge is 0.478 e. The minimum atomic E-state index is -0.994. The molecule has 0 saturated carbocycles. The number of nitrogens with zero attached hydrogens (tertiary/aromatic N) is 1. The first kappa shape index (κ1) is 12.1. The van der Waals surface area contributed by atoms with Crippen LogP contribution >= 0.6 is 0 Å². The predicted molar refractivity (Wildman–Crippen MR) is 62.3 cm³/mol. The number of aromatic nitrogens is 1. The molecule has 1 aromatic heterocycles.